The van der Waals surface area contributed by atoms with Crippen molar-refractivity contribution >= 4 is 12.3 Å². The number of hydrogen-bond donors (Lipinski definition) is 2. The Labute approximate surface area is 177 Å². The molecule has 2 aliphatic heterocycles. The second kappa shape index (κ2) is 7.34. The summed E-state index contributed by atoms with van der Waals surface area (Å²) >= 11 is 0. The zero-order valence-corrected chi connectivity index (χ0v) is 17.9. The summed E-state index contributed by atoms with van der Waals surface area (Å²) in [5, 5.41) is 7.51. The molecule has 3 heterocycles. The SMILES string of the molecule is CN=C(N/C(NC12CC1C=CC=C2C)=C1\CN=CN1C)N1CCC(n2ccnc2)C1. The smallest absolute Gasteiger partial charge is 0.199 e. The monoisotopic (exact) mass is 406 g/mol. The zero-order chi connectivity index (χ0) is 20.7. The fourth-order valence-electron chi connectivity index (χ4n) is 4.83. The minimum absolute atomic E-state index is 0.0106. The Kier molecular flexibility index (Phi) is 4.64. The first-order valence-electron chi connectivity index (χ1n) is 10.7. The van der Waals surface area contributed by atoms with Crippen LogP contribution in [0.15, 0.2) is 64.0 Å². The molecule has 3 atom stereocenters. The Morgan fingerprint density at radius 1 is 1.37 bits per heavy atom. The number of guanidine groups is 1. The first-order valence-corrected chi connectivity index (χ1v) is 10.7. The Balaban J connectivity index is 1.36. The number of nitrogens with one attached hydrogen (secondary N) is 2. The molecule has 2 N–H and O–H groups in total. The molecule has 5 rings (SSSR count). The fraction of sp³-hybridized carbons (Fsp3) is 0.500. The molecule has 0 bridgehead atoms. The average molecular weight is 407 g/mol. The van der Waals surface area contributed by atoms with E-state index in [1.165, 1.54) is 5.57 Å². The Morgan fingerprint density at radius 3 is 2.97 bits per heavy atom. The van der Waals surface area contributed by atoms with Crippen molar-refractivity contribution in [2.45, 2.75) is 31.3 Å². The van der Waals surface area contributed by atoms with Gasteiger partial charge < -0.3 is 25.0 Å². The molecule has 8 heteroatoms. The van der Waals surface area contributed by atoms with Gasteiger partial charge in [0.2, 0.25) is 0 Å². The van der Waals surface area contributed by atoms with Crippen LogP contribution in [0.3, 0.4) is 0 Å². The van der Waals surface area contributed by atoms with Gasteiger partial charge >= 0.3 is 0 Å². The highest BCUT2D eigenvalue weighted by Crippen LogP contribution is 2.52. The van der Waals surface area contributed by atoms with Crippen LogP contribution in [0, 0.1) is 5.92 Å². The Morgan fingerprint density at radius 2 is 2.27 bits per heavy atom. The van der Waals surface area contributed by atoms with Crippen molar-refractivity contribution < 1.29 is 0 Å². The molecule has 1 aromatic rings. The fourth-order valence-corrected chi connectivity index (χ4v) is 4.83. The summed E-state index contributed by atoms with van der Waals surface area (Å²) in [6, 6.07) is 0.424. The maximum Gasteiger partial charge on any atom is 0.199 e. The van der Waals surface area contributed by atoms with Crippen molar-refractivity contribution in [2.24, 2.45) is 15.9 Å². The molecule has 158 valence electrons. The molecule has 0 spiro atoms. The minimum Gasteiger partial charge on any atom is -0.360 e. The van der Waals surface area contributed by atoms with Crippen LogP contribution in [0.25, 0.3) is 0 Å². The van der Waals surface area contributed by atoms with E-state index in [2.05, 4.69) is 72.2 Å². The van der Waals surface area contributed by atoms with Gasteiger partial charge in [0.1, 0.15) is 5.82 Å². The van der Waals surface area contributed by atoms with E-state index in [4.69, 9.17) is 0 Å². The van der Waals surface area contributed by atoms with Gasteiger partial charge in [-0.05, 0) is 25.3 Å². The number of aromatic nitrogens is 2. The highest BCUT2D eigenvalue weighted by atomic mass is 15.4. The van der Waals surface area contributed by atoms with Gasteiger partial charge in [0.15, 0.2) is 5.96 Å². The molecule has 1 saturated carbocycles. The second-order valence-corrected chi connectivity index (χ2v) is 8.60. The molecule has 1 saturated heterocycles. The molecular formula is C22H30N8. The van der Waals surface area contributed by atoms with E-state index < -0.39 is 0 Å². The summed E-state index contributed by atoms with van der Waals surface area (Å²) in [6.07, 6.45) is 16.6. The lowest BCUT2D eigenvalue weighted by molar-refractivity contribution is 0.451. The maximum atomic E-state index is 4.61. The molecule has 4 aliphatic rings. The van der Waals surface area contributed by atoms with E-state index >= 15 is 0 Å². The number of likely N-dealkylation sites (N-methyl/N-ethyl adjacent to an activating group) is 1. The van der Waals surface area contributed by atoms with Crippen LogP contribution in [0.5, 0.6) is 0 Å². The lowest BCUT2D eigenvalue weighted by Gasteiger charge is -2.30. The molecular weight excluding hydrogens is 376 g/mol. The van der Waals surface area contributed by atoms with E-state index in [0.29, 0.717) is 18.5 Å². The van der Waals surface area contributed by atoms with Crippen molar-refractivity contribution in [1.82, 2.24) is 30.0 Å². The summed E-state index contributed by atoms with van der Waals surface area (Å²) in [5.74, 6) is 2.45. The number of rotatable bonds is 4. The quantitative estimate of drug-likeness (QED) is 0.588. The van der Waals surface area contributed by atoms with Gasteiger partial charge in [0.05, 0.1) is 36.5 Å². The summed E-state index contributed by atoms with van der Waals surface area (Å²) in [7, 11) is 3.91. The molecule has 2 aliphatic carbocycles. The normalized spacial score (nSPS) is 31.7. The number of nitrogens with zero attached hydrogens (tertiary/aromatic N) is 6. The molecule has 8 nitrogen and oxygen atoms in total. The first kappa shape index (κ1) is 19.0. The van der Waals surface area contributed by atoms with Crippen molar-refractivity contribution in [3.05, 3.63) is 54.0 Å². The number of aliphatic imine (C=N–C) groups is 2. The third-order valence-electron chi connectivity index (χ3n) is 6.82. The van der Waals surface area contributed by atoms with Crippen LogP contribution in [0.1, 0.15) is 25.8 Å². The van der Waals surface area contributed by atoms with Crippen molar-refractivity contribution in [1.29, 1.82) is 0 Å². The zero-order valence-electron chi connectivity index (χ0n) is 17.9. The number of fused-ring (bicyclic) bond motifs is 1. The summed E-state index contributed by atoms with van der Waals surface area (Å²) < 4.78 is 2.19. The summed E-state index contributed by atoms with van der Waals surface area (Å²) in [6.45, 7) is 4.77. The van der Waals surface area contributed by atoms with Gasteiger partial charge in [0.25, 0.3) is 0 Å². The molecule has 0 radical (unpaired) electrons. The first-order chi connectivity index (χ1) is 14.6. The van der Waals surface area contributed by atoms with Gasteiger partial charge in [-0.15, -0.1) is 0 Å². The van der Waals surface area contributed by atoms with Crippen LogP contribution >= 0.6 is 0 Å². The topological polar surface area (TPSA) is 73.1 Å². The maximum absolute atomic E-state index is 4.61. The number of hydrogen-bond acceptors (Lipinski definition) is 5. The highest BCUT2D eigenvalue weighted by molar-refractivity contribution is 5.82. The van der Waals surface area contributed by atoms with Gasteiger partial charge in [-0.25, -0.2) is 4.98 Å². The van der Waals surface area contributed by atoms with Gasteiger partial charge in [-0.2, -0.15) is 0 Å². The minimum atomic E-state index is 0.0106. The number of likely N-dealkylation sites (tertiary alicyclic amines) is 1. The van der Waals surface area contributed by atoms with Crippen LogP contribution in [-0.4, -0.2) is 70.9 Å². The molecule has 30 heavy (non-hydrogen) atoms. The van der Waals surface area contributed by atoms with Crippen molar-refractivity contribution in [3.63, 3.8) is 0 Å². The molecule has 0 aromatic carbocycles. The molecule has 1 aromatic heterocycles. The summed E-state index contributed by atoms with van der Waals surface area (Å²) in [5.41, 5.74) is 2.54. The largest absolute Gasteiger partial charge is 0.360 e. The van der Waals surface area contributed by atoms with Crippen LogP contribution in [-0.2, 0) is 0 Å². The molecule has 2 fully saturated rings. The van der Waals surface area contributed by atoms with E-state index in [9.17, 15) is 0 Å². The van der Waals surface area contributed by atoms with Crippen LogP contribution in [0.2, 0.25) is 0 Å². The standard InChI is InChI=1S/C22H30N8/c1-16-5-4-6-17-11-22(16,17)27-20(19-12-25-14-28(19)3)26-21(23-2)29-9-7-18(13-29)30-10-8-24-15-30/h4-6,8,10,14-15,17-18,27H,7,9,11-13H2,1-3H3,(H,23,26)/b20-19-. The summed E-state index contributed by atoms with van der Waals surface area (Å²) in [4.78, 5) is 17.7. The predicted octanol–water partition coefficient (Wildman–Crippen LogP) is 1.71. The van der Waals surface area contributed by atoms with E-state index in [0.717, 1.165) is 43.4 Å². The average Bonchev–Trinajstić information content (AvgIpc) is 3.20. The van der Waals surface area contributed by atoms with Gasteiger partial charge in [-0.1, -0.05) is 18.2 Å². The van der Waals surface area contributed by atoms with E-state index in [-0.39, 0.29) is 5.54 Å². The van der Waals surface area contributed by atoms with Crippen molar-refractivity contribution in [2.75, 3.05) is 33.7 Å². The third kappa shape index (κ3) is 3.20. The van der Waals surface area contributed by atoms with Crippen LogP contribution in [0.4, 0.5) is 0 Å². The van der Waals surface area contributed by atoms with E-state index in [1.807, 2.05) is 32.1 Å². The Bertz CT molecular complexity index is 954. The highest BCUT2D eigenvalue weighted by Gasteiger charge is 2.55. The van der Waals surface area contributed by atoms with Gasteiger partial charge in [0, 0.05) is 45.5 Å². The number of allylic oxidation sites excluding steroid dienone is 2. The lowest BCUT2D eigenvalue weighted by atomic mass is 9.99. The number of imidazole rings is 1. The lowest BCUT2D eigenvalue weighted by Crippen LogP contribution is -2.48. The third-order valence-corrected chi connectivity index (χ3v) is 6.82. The van der Waals surface area contributed by atoms with E-state index in [1.54, 1.807) is 0 Å². The molecule has 0 amide bonds. The second-order valence-electron chi connectivity index (χ2n) is 8.60. The van der Waals surface area contributed by atoms with Crippen LogP contribution < -0.4 is 10.6 Å². The van der Waals surface area contributed by atoms with Crippen molar-refractivity contribution in [3.8, 4) is 0 Å². The predicted molar refractivity (Wildman–Crippen MR) is 119 cm³/mol. The molecule has 3 unspecified atom stereocenters. The van der Waals surface area contributed by atoms with Gasteiger partial charge in [-0.3, -0.25) is 9.98 Å². The Hall–Kier alpha value is -3.03.